The van der Waals surface area contributed by atoms with Crippen molar-refractivity contribution in [3.63, 3.8) is 0 Å². The number of aldehydes is 1. The molecular weight excluding hydrogens is 838 g/mol. The molecule has 5 aliphatic heterocycles. The van der Waals surface area contributed by atoms with Crippen molar-refractivity contribution in [2.45, 2.75) is 203 Å². The number of ether oxygens (including phenoxy) is 10. The maximum atomic E-state index is 13.9. The Morgan fingerprint density at radius 3 is 2.14 bits per heavy atom. The molecule has 0 aromatic rings. The highest BCUT2D eigenvalue weighted by atomic mass is 16.7. The van der Waals surface area contributed by atoms with Gasteiger partial charge < -0.3 is 77.5 Å². The Hall–Kier alpha value is -2.01. The molecule has 0 aromatic heterocycles. The molecule has 0 bridgehead atoms. The van der Waals surface area contributed by atoms with Crippen molar-refractivity contribution in [2.24, 2.45) is 23.7 Å². The van der Waals surface area contributed by atoms with Crippen molar-refractivity contribution in [2.75, 3.05) is 34.9 Å². The van der Waals surface area contributed by atoms with Gasteiger partial charge in [-0.15, -0.1) is 0 Å². The number of carbonyl (C=O) groups excluding carboxylic acids is 3. The highest BCUT2D eigenvalue weighted by molar-refractivity contribution is 5.91. The third kappa shape index (κ3) is 12.4. The fourth-order valence-electron chi connectivity index (χ4n) is 10.1. The summed E-state index contributed by atoms with van der Waals surface area (Å²) in [6.07, 6.45) is -7.38. The molecule has 22 atom stereocenters. The molecule has 5 rings (SSSR count). The van der Waals surface area contributed by atoms with Crippen LogP contribution in [0.15, 0.2) is 12.2 Å². The summed E-state index contributed by atoms with van der Waals surface area (Å²) in [4.78, 5) is 42.0. The van der Waals surface area contributed by atoms with Gasteiger partial charge >= 0.3 is 5.97 Å². The van der Waals surface area contributed by atoms with Crippen LogP contribution in [-0.2, 0) is 61.8 Å². The van der Waals surface area contributed by atoms with Crippen molar-refractivity contribution < 1.29 is 82.2 Å². The number of hydrogen-bond donors (Lipinski definition) is 4. The third-order valence-electron chi connectivity index (χ3n) is 14.2. The van der Waals surface area contributed by atoms with Crippen molar-refractivity contribution in [3.05, 3.63) is 12.2 Å². The summed E-state index contributed by atoms with van der Waals surface area (Å²) in [5.41, 5.74) is -2.33. The fourth-order valence-corrected chi connectivity index (χ4v) is 10.1. The molecule has 4 N–H and O–H groups in total. The van der Waals surface area contributed by atoms with Crippen LogP contribution in [0, 0.1) is 23.7 Å². The molecule has 18 nitrogen and oxygen atoms in total. The third-order valence-corrected chi connectivity index (χ3v) is 14.2. The summed E-state index contributed by atoms with van der Waals surface area (Å²) < 4.78 is 61.6. The van der Waals surface area contributed by atoms with Gasteiger partial charge in [0.1, 0.15) is 48.5 Å². The van der Waals surface area contributed by atoms with Crippen LogP contribution in [0.25, 0.3) is 0 Å². The van der Waals surface area contributed by atoms with E-state index in [1.807, 2.05) is 39.8 Å². The Morgan fingerprint density at radius 1 is 0.875 bits per heavy atom. The second kappa shape index (κ2) is 22.4. The Balaban J connectivity index is 1.38. The van der Waals surface area contributed by atoms with Gasteiger partial charge in [0.25, 0.3) is 0 Å². The molecule has 5 aliphatic rings. The summed E-state index contributed by atoms with van der Waals surface area (Å²) in [6.45, 7) is 14.0. The van der Waals surface area contributed by atoms with Crippen LogP contribution in [0.3, 0.4) is 0 Å². The minimum atomic E-state index is -1.42. The monoisotopic (exact) mass is 916 g/mol. The number of ketones is 1. The van der Waals surface area contributed by atoms with Crippen LogP contribution < -0.4 is 0 Å². The summed E-state index contributed by atoms with van der Waals surface area (Å²) in [7, 11) is 6.75. The number of nitrogens with zero attached hydrogens (tertiary/aromatic N) is 1. The van der Waals surface area contributed by atoms with Gasteiger partial charge in [0.2, 0.25) is 0 Å². The van der Waals surface area contributed by atoms with Gasteiger partial charge in [-0.1, -0.05) is 20.8 Å². The number of hydrogen-bond acceptors (Lipinski definition) is 18. The lowest BCUT2D eigenvalue weighted by molar-refractivity contribution is -0.322. The van der Waals surface area contributed by atoms with E-state index in [2.05, 4.69) is 0 Å². The van der Waals surface area contributed by atoms with E-state index < -0.39 is 139 Å². The maximum Gasteiger partial charge on any atom is 0.308 e. The standard InChI is InChI=1S/C46H77NO17/c1-13-33-29(22-57-44-41(56-12)40(55-11)37(52)25(4)60-44)43-46(8,64-43)16-14-31(49)23(2)18-28(15-17-48)38(24(3)32(50)20-34(51)61-33)62-35-19-30(47(9)10)39(26(5)58-35)63-36-21-45(7,54)42(53)27(6)59-36/h14,16-17,23-30,32-33,35-44,50,52-54H,13,15,18-22H2,1-12H3/b16-14-. The number of aliphatic hydroxyl groups is 4. The number of methoxy groups -OCH3 is 2. The van der Waals surface area contributed by atoms with Crippen LogP contribution in [0.1, 0.15) is 93.9 Å². The predicted molar refractivity (Wildman–Crippen MR) is 228 cm³/mol. The van der Waals surface area contributed by atoms with E-state index in [4.69, 9.17) is 47.4 Å². The highest BCUT2D eigenvalue weighted by Gasteiger charge is 2.58. The molecule has 4 saturated heterocycles. The smallest absolute Gasteiger partial charge is 0.308 e. The van der Waals surface area contributed by atoms with E-state index in [0.29, 0.717) is 12.8 Å². The summed E-state index contributed by atoms with van der Waals surface area (Å²) in [6, 6.07) is -0.278. The number of aliphatic hydroxyl groups excluding tert-OH is 3. The normalized spacial score (nSPS) is 48.0. The molecule has 0 aromatic carbocycles. The molecule has 22 unspecified atom stereocenters. The Bertz CT molecular complexity index is 1570. The summed E-state index contributed by atoms with van der Waals surface area (Å²) in [5.74, 6) is -3.25. The van der Waals surface area contributed by atoms with Gasteiger partial charge in [-0.25, -0.2) is 0 Å². The van der Waals surface area contributed by atoms with Crippen LogP contribution in [-0.4, -0.2) is 188 Å². The molecule has 0 aliphatic carbocycles. The second-order valence-corrected chi connectivity index (χ2v) is 19.4. The SMILES string of the molecule is CCC1OC(=O)CC(O)C(C)C(OC2CC(N(C)C)C(OC3CC(C)(O)C(O)C(C)O3)C(C)O2)C(CC=O)CC(C)C(=O)/C=C\C2(C)OC2C1COC1OC(C)C(O)C(OC)C1OC. The number of epoxide rings is 1. The molecule has 4 fully saturated rings. The number of likely N-dealkylation sites (N-methyl/N-ethyl adjacent to an activating group) is 1. The average molecular weight is 916 g/mol. The first-order valence-electron chi connectivity index (χ1n) is 23.0. The second-order valence-electron chi connectivity index (χ2n) is 19.4. The van der Waals surface area contributed by atoms with Crippen molar-refractivity contribution in [1.29, 1.82) is 0 Å². The molecule has 18 heteroatoms. The number of fused-ring (bicyclic) bond motifs is 1. The molecule has 0 spiro atoms. The molecule has 0 amide bonds. The lowest BCUT2D eigenvalue weighted by Crippen LogP contribution is -2.60. The Morgan fingerprint density at radius 2 is 1.53 bits per heavy atom. The van der Waals surface area contributed by atoms with Crippen LogP contribution in [0.2, 0.25) is 0 Å². The first kappa shape index (κ1) is 53.0. The van der Waals surface area contributed by atoms with Crippen molar-refractivity contribution >= 4 is 18.0 Å². The molecule has 64 heavy (non-hydrogen) atoms. The molecule has 5 heterocycles. The van der Waals surface area contributed by atoms with Gasteiger partial charge in [0, 0.05) is 57.3 Å². The molecule has 0 radical (unpaired) electrons. The van der Waals surface area contributed by atoms with E-state index in [0.717, 1.165) is 6.29 Å². The van der Waals surface area contributed by atoms with Crippen LogP contribution >= 0.6 is 0 Å². The number of carbonyl (C=O) groups is 3. The predicted octanol–water partition coefficient (Wildman–Crippen LogP) is 2.07. The molecule has 368 valence electrons. The maximum absolute atomic E-state index is 13.9. The zero-order valence-electron chi connectivity index (χ0n) is 39.8. The molecular formula is C46H77NO17. The van der Waals surface area contributed by atoms with Gasteiger partial charge in [-0.2, -0.15) is 0 Å². The number of esters is 1. The fraction of sp³-hybridized carbons (Fsp3) is 0.891. The summed E-state index contributed by atoms with van der Waals surface area (Å²) in [5, 5.41) is 43.9. The van der Waals surface area contributed by atoms with E-state index >= 15 is 0 Å². The van der Waals surface area contributed by atoms with Crippen molar-refractivity contribution in [3.8, 4) is 0 Å². The minimum Gasteiger partial charge on any atom is -0.462 e. The zero-order valence-corrected chi connectivity index (χ0v) is 39.8. The quantitative estimate of drug-likeness (QED) is 0.118. The zero-order chi connectivity index (χ0) is 47.4. The number of rotatable bonds is 13. The largest absolute Gasteiger partial charge is 0.462 e. The lowest BCUT2D eigenvalue weighted by atomic mass is 9.79. The van der Waals surface area contributed by atoms with E-state index in [-0.39, 0.29) is 37.7 Å². The first-order valence-corrected chi connectivity index (χ1v) is 23.0. The Labute approximate surface area is 378 Å². The topological polar surface area (TPSA) is 231 Å². The van der Waals surface area contributed by atoms with Gasteiger partial charge in [-0.05, 0) is 79.6 Å². The van der Waals surface area contributed by atoms with E-state index in [1.165, 1.54) is 20.3 Å². The van der Waals surface area contributed by atoms with Gasteiger partial charge in [0.05, 0.1) is 55.3 Å². The van der Waals surface area contributed by atoms with Gasteiger partial charge in [-0.3, -0.25) is 9.59 Å². The highest BCUT2D eigenvalue weighted by Crippen LogP contribution is 2.46. The van der Waals surface area contributed by atoms with Crippen LogP contribution in [0.5, 0.6) is 0 Å². The Kier molecular flexibility index (Phi) is 18.5. The van der Waals surface area contributed by atoms with E-state index in [9.17, 15) is 34.8 Å². The van der Waals surface area contributed by atoms with Crippen LogP contribution in [0.4, 0.5) is 0 Å². The number of allylic oxidation sites excluding steroid dienone is 1. The summed E-state index contributed by atoms with van der Waals surface area (Å²) >= 11 is 0. The number of cyclic esters (lactones) is 1. The van der Waals surface area contributed by atoms with E-state index in [1.54, 1.807) is 40.7 Å². The lowest BCUT2D eigenvalue weighted by Gasteiger charge is -2.48. The van der Waals surface area contributed by atoms with Gasteiger partial charge in [0.15, 0.2) is 24.7 Å². The first-order chi connectivity index (χ1) is 30.1. The molecule has 0 saturated carbocycles. The minimum absolute atomic E-state index is 0.00729. The van der Waals surface area contributed by atoms with Crippen molar-refractivity contribution in [1.82, 2.24) is 4.90 Å². The average Bonchev–Trinajstić information content (AvgIpc) is 3.91.